The minimum Gasteiger partial charge on any atom is -0.379 e. The van der Waals surface area contributed by atoms with Crippen molar-refractivity contribution < 1.29 is 27.1 Å². The van der Waals surface area contributed by atoms with E-state index in [1.165, 1.54) is 0 Å². The lowest BCUT2D eigenvalue weighted by atomic mass is 10.1. The van der Waals surface area contributed by atoms with E-state index in [1.54, 1.807) is 30.5 Å². The molecule has 14 heteroatoms. The quantitative estimate of drug-likeness (QED) is 0.169. The van der Waals surface area contributed by atoms with Crippen molar-refractivity contribution in [2.45, 2.75) is 12.7 Å². The monoisotopic (exact) mass is 634 g/mol. The number of halogens is 4. The number of amides is 2. The number of alkyl halides is 3. The standard InChI is InChI=1S/C32H30F4N8O2/c33-25-7-4-8-26(27(25)32(34,35)36)40-31(45)39-23-11-9-22(10-12-23)28-41-29(37-13-14-43-15-17-46-18-16-43)24-19-38-44(30(24)42-28)20-21-5-2-1-3-6-21/h1-12,19H,13-18,20H2,(H,37,41,42)(H2,39,40,45). The van der Waals surface area contributed by atoms with E-state index in [-0.39, 0.29) is 0 Å². The summed E-state index contributed by atoms with van der Waals surface area (Å²) in [5.41, 5.74) is 0.396. The molecule has 0 radical (unpaired) electrons. The Kier molecular flexibility index (Phi) is 9.08. The number of aromatic nitrogens is 4. The van der Waals surface area contributed by atoms with E-state index < -0.39 is 29.3 Å². The van der Waals surface area contributed by atoms with E-state index in [4.69, 9.17) is 14.7 Å². The number of rotatable bonds is 9. The molecule has 2 amide bonds. The van der Waals surface area contributed by atoms with E-state index in [0.717, 1.165) is 42.7 Å². The molecule has 1 fully saturated rings. The Morgan fingerprint density at radius 2 is 1.67 bits per heavy atom. The second-order valence-corrected chi connectivity index (χ2v) is 10.6. The second-order valence-electron chi connectivity index (χ2n) is 10.6. The fourth-order valence-electron chi connectivity index (χ4n) is 5.15. The predicted molar refractivity (Wildman–Crippen MR) is 166 cm³/mol. The van der Waals surface area contributed by atoms with Crippen molar-refractivity contribution in [3.63, 3.8) is 0 Å². The Balaban J connectivity index is 1.22. The van der Waals surface area contributed by atoms with Crippen LogP contribution in [0.5, 0.6) is 0 Å². The molecular formula is C32H30F4N8O2. The molecule has 46 heavy (non-hydrogen) atoms. The van der Waals surface area contributed by atoms with E-state index in [2.05, 4.69) is 25.9 Å². The largest absolute Gasteiger partial charge is 0.421 e. The minimum atomic E-state index is -4.98. The number of morpholine rings is 1. The van der Waals surface area contributed by atoms with Crippen molar-refractivity contribution >= 4 is 34.3 Å². The van der Waals surface area contributed by atoms with Crippen molar-refractivity contribution in [2.24, 2.45) is 0 Å². The lowest BCUT2D eigenvalue weighted by Crippen LogP contribution is -2.39. The molecule has 1 aliphatic rings. The van der Waals surface area contributed by atoms with Crippen LogP contribution in [0.3, 0.4) is 0 Å². The van der Waals surface area contributed by atoms with Crippen LogP contribution in [0.1, 0.15) is 11.1 Å². The number of carbonyl (C=O) groups is 1. The molecule has 1 saturated heterocycles. The summed E-state index contributed by atoms with van der Waals surface area (Å²) >= 11 is 0. The van der Waals surface area contributed by atoms with Crippen molar-refractivity contribution in [1.82, 2.24) is 24.6 Å². The fraction of sp³-hybridized carbons (Fsp3) is 0.250. The van der Waals surface area contributed by atoms with Crippen LogP contribution in [-0.2, 0) is 17.5 Å². The molecule has 0 atom stereocenters. The zero-order valence-electron chi connectivity index (χ0n) is 24.5. The van der Waals surface area contributed by atoms with Gasteiger partial charge in [0, 0.05) is 37.4 Å². The second kappa shape index (κ2) is 13.5. The number of benzene rings is 3. The lowest BCUT2D eigenvalue weighted by Gasteiger charge is -2.26. The average molecular weight is 635 g/mol. The van der Waals surface area contributed by atoms with Crippen molar-refractivity contribution in [2.75, 3.05) is 55.3 Å². The summed E-state index contributed by atoms with van der Waals surface area (Å²) in [6.07, 6.45) is -3.24. The molecule has 0 spiro atoms. The number of ether oxygens (including phenoxy) is 1. The smallest absolute Gasteiger partial charge is 0.379 e. The number of urea groups is 1. The predicted octanol–water partition coefficient (Wildman–Crippen LogP) is 6.09. The van der Waals surface area contributed by atoms with E-state index in [9.17, 15) is 22.4 Å². The maximum absolute atomic E-state index is 13.9. The Bertz CT molecular complexity index is 1810. The molecule has 2 aromatic heterocycles. The van der Waals surface area contributed by atoms with Gasteiger partial charge in [-0.2, -0.15) is 18.3 Å². The van der Waals surface area contributed by atoms with Gasteiger partial charge in [-0.3, -0.25) is 4.90 Å². The summed E-state index contributed by atoms with van der Waals surface area (Å²) in [5, 5.41) is 13.4. The summed E-state index contributed by atoms with van der Waals surface area (Å²) in [5.74, 6) is -0.432. The highest BCUT2D eigenvalue weighted by atomic mass is 19.4. The van der Waals surface area contributed by atoms with Crippen LogP contribution in [0.15, 0.2) is 79.0 Å². The van der Waals surface area contributed by atoms with Crippen LogP contribution < -0.4 is 16.0 Å². The van der Waals surface area contributed by atoms with Crippen LogP contribution in [-0.4, -0.2) is 70.1 Å². The Hall–Kier alpha value is -5.08. The summed E-state index contributed by atoms with van der Waals surface area (Å²) in [7, 11) is 0. The van der Waals surface area contributed by atoms with Gasteiger partial charge >= 0.3 is 12.2 Å². The van der Waals surface area contributed by atoms with Crippen LogP contribution in [0.25, 0.3) is 22.4 Å². The van der Waals surface area contributed by atoms with Gasteiger partial charge in [0.25, 0.3) is 0 Å². The molecular weight excluding hydrogens is 604 g/mol. The van der Waals surface area contributed by atoms with Crippen LogP contribution in [0, 0.1) is 5.82 Å². The highest BCUT2D eigenvalue weighted by Gasteiger charge is 2.37. The topological polar surface area (TPSA) is 109 Å². The van der Waals surface area contributed by atoms with Gasteiger partial charge in [0.15, 0.2) is 11.5 Å². The first-order valence-corrected chi connectivity index (χ1v) is 14.6. The first-order valence-electron chi connectivity index (χ1n) is 14.6. The molecule has 0 aliphatic carbocycles. The summed E-state index contributed by atoms with van der Waals surface area (Å²) < 4.78 is 61.2. The summed E-state index contributed by atoms with van der Waals surface area (Å²) in [6.45, 7) is 5.11. The molecule has 3 heterocycles. The molecule has 3 aromatic carbocycles. The Labute approximate surface area is 261 Å². The Morgan fingerprint density at radius 3 is 2.41 bits per heavy atom. The van der Waals surface area contributed by atoms with Gasteiger partial charge in [-0.1, -0.05) is 36.4 Å². The zero-order valence-corrected chi connectivity index (χ0v) is 24.5. The third-order valence-corrected chi connectivity index (χ3v) is 7.44. The van der Waals surface area contributed by atoms with Gasteiger partial charge in [-0.15, -0.1) is 0 Å². The number of hydrogen-bond donors (Lipinski definition) is 3. The molecule has 1 aliphatic heterocycles. The van der Waals surface area contributed by atoms with Crippen LogP contribution >= 0.6 is 0 Å². The van der Waals surface area contributed by atoms with Gasteiger partial charge in [0.05, 0.1) is 37.0 Å². The van der Waals surface area contributed by atoms with Crippen LogP contribution in [0.2, 0.25) is 0 Å². The first kappa shape index (κ1) is 30.9. The third-order valence-electron chi connectivity index (χ3n) is 7.44. The molecule has 5 aromatic rings. The average Bonchev–Trinajstić information content (AvgIpc) is 3.44. The van der Waals surface area contributed by atoms with Crippen molar-refractivity contribution in [3.05, 3.63) is 95.9 Å². The molecule has 0 bridgehead atoms. The number of nitrogens with zero attached hydrogens (tertiary/aromatic N) is 5. The summed E-state index contributed by atoms with van der Waals surface area (Å²) in [4.78, 5) is 24.5. The molecule has 10 nitrogen and oxygen atoms in total. The highest BCUT2D eigenvalue weighted by molar-refractivity contribution is 6.00. The lowest BCUT2D eigenvalue weighted by molar-refractivity contribution is -0.139. The van der Waals surface area contributed by atoms with E-state index in [0.29, 0.717) is 60.9 Å². The van der Waals surface area contributed by atoms with Gasteiger partial charge in [0.1, 0.15) is 17.2 Å². The number of fused-ring (bicyclic) bond motifs is 1. The van der Waals surface area contributed by atoms with Crippen molar-refractivity contribution in [1.29, 1.82) is 0 Å². The first-order chi connectivity index (χ1) is 22.2. The maximum Gasteiger partial charge on any atom is 0.421 e. The van der Waals surface area contributed by atoms with E-state index in [1.807, 2.05) is 35.0 Å². The van der Waals surface area contributed by atoms with Gasteiger partial charge in [-0.25, -0.2) is 23.8 Å². The SMILES string of the molecule is O=C(Nc1ccc(-c2nc(NCCN3CCOCC3)c3cnn(Cc4ccccc4)c3n2)cc1)Nc1cccc(F)c1C(F)(F)F. The molecule has 0 unspecified atom stereocenters. The third kappa shape index (κ3) is 7.24. The molecule has 0 saturated carbocycles. The normalized spacial score (nSPS) is 13.9. The fourth-order valence-corrected chi connectivity index (χ4v) is 5.15. The van der Waals surface area contributed by atoms with Gasteiger partial charge in [-0.05, 0) is 42.0 Å². The van der Waals surface area contributed by atoms with E-state index >= 15 is 0 Å². The van der Waals surface area contributed by atoms with Gasteiger partial charge < -0.3 is 20.7 Å². The number of nitrogens with one attached hydrogen (secondary N) is 3. The van der Waals surface area contributed by atoms with Crippen LogP contribution in [0.4, 0.5) is 39.5 Å². The highest BCUT2D eigenvalue weighted by Crippen LogP contribution is 2.37. The molecule has 238 valence electrons. The summed E-state index contributed by atoms with van der Waals surface area (Å²) in [6, 6.07) is 18.2. The number of carbonyl (C=O) groups excluding carboxylic acids is 1. The number of anilines is 3. The Morgan fingerprint density at radius 1 is 0.913 bits per heavy atom. The molecule has 6 rings (SSSR count). The van der Waals surface area contributed by atoms with Crippen molar-refractivity contribution in [3.8, 4) is 11.4 Å². The molecule has 3 N–H and O–H groups in total. The minimum absolute atomic E-state index is 0.297. The van der Waals surface area contributed by atoms with Gasteiger partial charge in [0.2, 0.25) is 0 Å². The maximum atomic E-state index is 13.9. The zero-order chi connectivity index (χ0) is 32.1. The number of hydrogen-bond acceptors (Lipinski definition) is 7.